The van der Waals surface area contributed by atoms with Gasteiger partial charge in [0.25, 0.3) is 0 Å². The molecular weight excluding hydrogens is 618 g/mol. The molecule has 2 N–H and O–H groups in total. The summed E-state index contributed by atoms with van der Waals surface area (Å²) in [5.41, 5.74) is 1.22. The molecule has 8 heteroatoms. The topological polar surface area (TPSA) is 113 Å². The van der Waals surface area contributed by atoms with Crippen molar-refractivity contribution in [3.8, 4) is 0 Å². The van der Waals surface area contributed by atoms with Gasteiger partial charge in [0.2, 0.25) is 5.91 Å². The number of esters is 1. The Morgan fingerprint density at radius 1 is 0.918 bits per heavy atom. The average Bonchev–Trinajstić information content (AvgIpc) is 3.06. The number of aliphatic hydroxyl groups excluding tert-OH is 1. The normalized spacial score (nSPS) is 41.1. The summed E-state index contributed by atoms with van der Waals surface area (Å²) in [5, 5.41) is 21.8. The van der Waals surface area contributed by atoms with E-state index in [0.29, 0.717) is 25.3 Å². The minimum atomic E-state index is -1.60. The molecule has 3 aliphatic heterocycles. The Morgan fingerprint density at radius 3 is 2.39 bits per heavy atom. The molecule has 9 atom stereocenters. The van der Waals surface area contributed by atoms with Gasteiger partial charge in [-0.3, -0.25) is 9.59 Å². The molecule has 1 saturated carbocycles. The van der Waals surface area contributed by atoms with Gasteiger partial charge in [-0.05, 0) is 108 Å². The number of Topliss-reactive ketones (excluding diaryl/α,β-unsaturated/α-hetero) is 1. The van der Waals surface area contributed by atoms with E-state index >= 15 is 0 Å². The van der Waals surface area contributed by atoms with Crippen LogP contribution in [0.2, 0.25) is 0 Å². The van der Waals surface area contributed by atoms with Crippen LogP contribution < -0.4 is 0 Å². The highest BCUT2D eigenvalue weighted by atomic mass is 16.6. The number of carbonyl (C=O) groups is 3. The number of aliphatic hydroxyl groups is 2. The molecule has 8 nitrogen and oxygen atoms in total. The van der Waals surface area contributed by atoms with Crippen molar-refractivity contribution >= 4 is 17.7 Å². The molecule has 0 spiro atoms. The predicted octanol–water partition coefficient (Wildman–Crippen LogP) is 7.47. The highest BCUT2D eigenvalue weighted by molar-refractivity contribution is 5.86. The maximum absolute atomic E-state index is 14.0. The van der Waals surface area contributed by atoms with Gasteiger partial charge in [-0.2, -0.15) is 0 Å². The van der Waals surface area contributed by atoms with Crippen molar-refractivity contribution < 1.29 is 34.1 Å². The highest BCUT2D eigenvalue weighted by Crippen LogP contribution is 2.39. The lowest BCUT2D eigenvalue weighted by molar-refractivity contribution is -0.282. The lowest BCUT2D eigenvalue weighted by Gasteiger charge is -2.44. The van der Waals surface area contributed by atoms with Crippen molar-refractivity contribution in [2.45, 2.75) is 162 Å². The number of cyclic esters (lactones) is 1. The van der Waals surface area contributed by atoms with Gasteiger partial charge >= 0.3 is 5.97 Å². The Labute approximate surface area is 295 Å². The Bertz CT molecular complexity index is 1200. The number of nitrogens with zero attached hydrogens (tertiary/aromatic N) is 1. The molecule has 49 heavy (non-hydrogen) atoms. The number of amides is 1. The Hall–Kier alpha value is -2.29. The highest BCUT2D eigenvalue weighted by Gasteiger charge is 2.46. The van der Waals surface area contributed by atoms with Crippen LogP contribution in [0.5, 0.6) is 0 Å². The SMILES string of the molecule is C\C1=C/C=C/C=C/[C@@H](C)C[C@@H](C)C(=O)CC([C@H](C)CC2CCC(O)CC2)OC(=O)[C@@H]2CCCCN2C(=O)C[C@]2(O)O[C@@H](CC[C@H]2C)C[C@@H]1C. The van der Waals surface area contributed by atoms with Crippen LogP contribution in [0, 0.1) is 35.5 Å². The molecule has 0 aromatic heterocycles. The minimum absolute atomic E-state index is 0.0435. The number of rotatable bonds is 3. The molecule has 3 heterocycles. The number of fused-ring (bicyclic) bond motifs is 3. The van der Waals surface area contributed by atoms with E-state index in [1.54, 1.807) is 4.90 Å². The van der Waals surface area contributed by atoms with E-state index in [4.69, 9.17) is 9.47 Å². The van der Waals surface area contributed by atoms with Crippen LogP contribution in [0.1, 0.15) is 131 Å². The second kappa shape index (κ2) is 18.3. The third-order valence-corrected chi connectivity index (χ3v) is 12.1. The molecule has 2 bridgehead atoms. The molecular formula is C41H65NO7. The molecule has 2 saturated heterocycles. The molecule has 4 rings (SSSR count). The van der Waals surface area contributed by atoms with Gasteiger partial charge in [-0.25, -0.2) is 4.79 Å². The van der Waals surface area contributed by atoms with E-state index in [1.165, 1.54) is 5.57 Å². The zero-order chi connectivity index (χ0) is 35.7. The van der Waals surface area contributed by atoms with E-state index in [0.717, 1.165) is 64.2 Å². The van der Waals surface area contributed by atoms with Crippen LogP contribution in [0.15, 0.2) is 36.0 Å². The van der Waals surface area contributed by atoms with Crippen LogP contribution in [0.3, 0.4) is 0 Å². The smallest absolute Gasteiger partial charge is 0.329 e. The second-order valence-corrected chi connectivity index (χ2v) is 16.3. The second-order valence-electron chi connectivity index (χ2n) is 16.3. The molecule has 4 aliphatic rings. The van der Waals surface area contributed by atoms with Crippen molar-refractivity contribution in [1.29, 1.82) is 0 Å². The molecule has 3 fully saturated rings. The molecule has 0 aromatic rings. The summed E-state index contributed by atoms with van der Waals surface area (Å²) in [6.45, 7) is 12.8. The average molecular weight is 684 g/mol. The molecule has 1 amide bonds. The molecule has 0 aromatic carbocycles. The summed E-state index contributed by atoms with van der Waals surface area (Å²) in [4.78, 5) is 43.3. The zero-order valence-electron chi connectivity index (χ0n) is 31.1. The van der Waals surface area contributed by atoms with Gasteiger partial charge < -0.3 is 24.6 Å². The predicted molar refractivity (Wildman–Crippen MR) is 192 cm³/mol. The van der Waals surface area contributed by atoms with E-state index < -0.39 is 23.9 Å². The van der Waals surface area contributed by atoms with E-state index in [9.17, 15) is 24.6 Å². The maximum Gasteiger partial charge on any atom is 0.329 e. The van der Waals surface area contributed by atoms with Gasteiger partial charge in [0.15, 0.2) is 5.79 Å². The first-order valence-corrected chi connectivity index (χ1v) is 19.4. The maximum atomic E-state index is 14.0. The number of hydrogen-bond donors (Lipinski definition) is 2. The summed E-state index contributed by atoms with van der Waals surface area (Å²) in [7, 11) is 0. The first kappa shape index (κ1) is 39.5. The van der Waals surface area contributed by atoms with E-state index in [2.05, 4.69) is 39.8 Å². The fraction of sp³-hybridized carbons (Fsp3) is 0.780. The van der Waals surface area contributed by atoms with Crippen LogP contribution in [0.4, 0.5) is 0 Å². The van der Waals surface area contributed by atoms with Crippen molar-refractivity contribution in [2.75, 3.05) is 6.54 Å². The van der Waals surface area contributed by atoms with Gasteiger partial charge in [0.05, 0.1) is 18.6 Å². The summed E-state index contributed by atoms with van der Waals surface area (Å²) in [6, 6.07) is -0.751. The first-order valence-electron chi connectivity index (χ1n) is 19.4. The van der Waals surface area contributed by atoms with Gasteiger partial charge in [0.1, 0.15) is 17.9 Å². The van der Waals surface area contributed by atoms with Gasteiger partial charge in [-0.1, -0.05) is 70.6 Å². The van der Waals surface area contributed by atoms with Crippen molar-refractivity contribution in [3.63, 3.8) is 0 Å². The van der Waals surface area contributed by atoms with E-state index in [-0.39, 0.29) is 66.3 Å². The summed E-state index contributed by atoms with van der Waals surface area (Å²) in [5.74, 6) is -1.87. The molecule has 276 valence electrons. The molecule has 1 unspecified atom stereocenters. The Balaban J connectivity index is 1.60. The lowest BCUT2D eigenvalue weighted by atomic mass is 9.79. The number of allylic oxidation sites excluding steroid dienone is 6. The Morgan fingerprint density at radius 2 is 1.65 bits per heavy atom. The monoisotopic (exact) mass is 683 g/mol. The van der Waals surface area contributed by atoms with Gasteiger partial charge in [-0.15, -0.1) is 0 Å². The number of ketones is 1. The molecule has 1 aliphatic carbocycles. The third-order valence-electron chi connectivity index (χ3n) is 12.1. The van der Waals surface area contributed by atoms with Crippen LogP contribution in [0.25, 0.3) is 0 Å². The summed E-state index contributed by atoms with van der Waals surface area (Å²) < 4.78 is 12.6. The zero-order valence-corrected chi connectivity index (χ0v) is 31.1. The number of ether oxygens (including phenoxy) is 2. The van der Waals surface area contributed by atoms with Crippen molar-refractivity contribution in [3.05, 3.63) is 36.0 Å². The summed E-state index contributed by atoms with van der Waals surface area (Å²) >= 11 is 0. The summed E-state index contributed by atoms with van der Waals surface area (Å²) in [6.07, 6.45) is 18.6. The largest absolute Gasteiger partial charge is 0.460 e. The van der Waals surface area contributed by atoms with Crippen LogP contribution in [-0.2, 0) is 23.9 Å². The number of carbonyl (C=O) groups excluding carboxylic acids is 3. The van der Waals surface area contributed by atoms with Crippen LogP contribution >= 0.6 is 0 Å². The van der Waals surface area contributed by atoms with Crippen molar-refractivity contribution in [2.24, 2.45) is 35.5 Å². The minimum Gasteiger partial charge on any atom is -0.460 e. The quantitative estimate of drug-likeness (QED) is 0.297. The fourth-order valence-corrected chi connectivity index (χ4v) is 8.38. The van der Waals surface area contributed by atoms with Crippen LogP contribution in [-0.4, -0.2) is 69.5 Å². The fourth-order valence-electron chi connectivity index (χ4n) is 8.38. The Kier molecular flexibility index (Phi) is 14.7. The van der Waals surface area contributed by atoms with E-state index in [1.807, 2.05) is 32.1 Å². The first-order chi connectivity index (χ1) is 23.3. The van der Waals surface area contributed by atoms with Crippen molar-refractivity contribution in [1.82, 2.24) is 4.90 Å². The number of piperidine rings is 1. The standard InChI is InChI=1S/C41H65NO7/c1-27-12-8-7-9-13-28(2)29(3)24-35-20-15-32(6)41(47,49-35)26-39(45)42-21-11-10-14-36(42)40(46)48-38(25-37(44)30(4)22-27)31(5)23-33-16-18-34(43)19-17-33/h7-9,12-13,27,29-36,38,43,47H,10-11,14-26H2,1-6H3/b9-7+,12-8+,28-13+/t27-,29+,30-,31-,32-,33?,34?,35+,36+,38?,41+/m1/s1. The van der Waals surface area contributed by atoms with Gasteiger partial charge in [0, 0.05) is 24.8 Å². The third kappa shape index (κ3) is 11.4. The lowest BCUT2D eigenvalue weighted by Crippen LogP contribution is -2.54. The number of hydrogen-bond acceptors (Lipinski definition) is 7. The molecule has 0 radical (unpaired) electrons.